The van der Waals surface area contributed by atoms with Crippen molar-refractivity contribution in [2.24, 2.45) is 0 Å². The lowest BCUT2D eigenvalue weighted by Gasteiger charge is -2.36. The van der Waals surface area contributed by atoms with Crippen molar-refractivity contribution in [1.29, 1.82) is 5.26 Å². The molecule has 156 valence electrons. The Kier molecular flexibility index (Phi) is 5.31. The van der Waals surface area contributed by atoms with Gasteiger partial charge in [0.05, 0.1) is 7.11 Å². The zero-order valence-corrected chi connectivity index (χ0v) is 16.8. The molecule has 0 radical (unpaired) electrons. The number of piperazine rings is 1. The van der Waals surface area contributed by atoms with Gasteiger partial charge < -0.3 is 14.5 Å². The Bertz CT molecular complexity index is 1120. The molecule has 0 N–H and O–H groups in total. The van der Waals surface area contributed by atoms with Crippen molar-refractivity contribution in [1.82, 2.24) is 14.0 Å². The summed E-state index contributed by atoms with van der Waals surface area (Å²) in [6, 6.07) is 9.66. The van der Waals surface area contributed by atoms with Crippen LogP contribution in [-0.2, 0) is 24.3 Å². The molecular weight excluding hydrogens is 386 g/mol. The molecule has 0 unspecified atom stereocenters. The van der Waals surface area contributed by atoms with E-state index >= 15 is 0 Å². The standard InChI is InChI=1S/C21H23N5O4/c1-30-16-6-4-15(5-7-16)23-9-11-24(12-10-23)19(27)14-26-20(28)17(13-22)18-3-2-8-25(18)21(26)29/h4-7H,2-3,8-12,14H2,1H3. The van der Waals surface area contributed by atoms with Gasteiger partial charge in [-0.15, -0.1) is 0 Å². The fraction of sp³-hybridized carbons (Fsp3) is 0.429. The molecule has 2 aliphatic heterocycles. The summed E-state index contributed by atoms with van der Waals surface area (Å²) in [6.07, 6.45) is 1.25. The number of methoxy groups -OCH3 is 1. The molecule has 9 nitrogen and oxygen atoms in total. The van der Waals surface area contributed by atoms with Crippen LogP contribution >= 0.6 is 0 Å². The van der Waals surface area contributed by atoms with E-state index in [2.05, 4.69) is 4.90 Å². The molecule has 1 aromatic heterocycles. The summed E-state index contributed by atoms with van der Waals surface area (Å²) < 4.78 is 7.54. The largest absolute Gasteiger partial charge is 0.497 e. The van der Waals surface area contributed by atoms with Gasteiger partial charge in [-0.1, -0.05) is 0 Å². The maximum atomic E-state index is 12.8. The molecule has 0 bridgehead atoms. The number of hydrogen-bond donors (Lipinski definition) is 0. The number of hydrogen-bond acceptors (Lipinski definition) is 6. The summed E-state index contributed by atoms with van der Waals surface area (Å²) in [6.45, 7) is 2.43. The van der Waals surface area contributed by atoms with Crippen LogP contribution in [-0.4, -0.2) is 53.2 Å². The number of amides is 1. The van der Waals surface area contributed by atoms with E-state index in [1.807, 2.05) is 30.3 Å². The lowest BCUT2D eigenvalue weighted by atomic mass is 10.2. The number of aromatic nitrogens is 2. The molecule has 2 aromatic rings. The highest BCUT2D eigenvalue weighted by Gasteiger charge is 2.26. The second kappa shape index (κ2) is 8.06. The zero-order chi connectivity index (χ0) is 21.3. The van der Waals surface area contributed by atoms with Crippen molar-refractivity contribution in [3.05, 3.63) is 56.4 Å². The van der Waals surface area contributed by atoms with Crippen LogP contribution in [0.25, 0.3) is 0 Å². The van der Waals surface area contributed by atoms with Gasteiger partial charge in [0.25, 0.3) is 5.56 Å². The molecule has 2 aliphatic rings. The first kappa shape index (κ1) is 19.8. The highest BCUT2D eigenvalue weighted by Crippen LogP contribution is 2.20. The predicted octanol–water partition coefficient (Wildman–Crippen LogP) is 0.185. The number of carbonyl (C=O) groups excluding carboxylic acids is 1. The first-order valence-electron chi connectivity index (χ1n) is 9.97. The number of anilines is 1. The van der Waals surface area contributed by atoms with E-state index in [1.54, 1.807) is 12.0 Å². The van der Waals surface area contributed by atoms with Crippen LogP contribution in [0.2, 0.25) is 0 Å². The van der Waals surface area contributed by atoms with E-state index < -0.39 is 11.2 Å². The maximum Gasteiger partial charge on any atom is 0.331 e. The van der Waals surface area contributed by atoms with Gasteiger partial charge in [0.2, 0.25) is 5.91 Å². The molecular formula is C21H23N5O4. The molecule has 1 saturated heterocycles. The quantitative estimate of drug-likeness (QED) is 0.714. The number of nitrogens with zero attached hydrogens (tertiary/aromatic N) is 5. The fourth-order valence-corrected chi connectivity index (χ4v) is 4.13. The Morgan fingerprint density at radius 2 is 1.80 bits per heavy atom. The minimum atomic E-state index is -0.666. The van der Waals surface area contributed by atoms with E-state index in [0.29, 0.717) is 51.3 Å². The van der Waals surface area contributed by atoms with E-state index in [1.165, 1.54) is 4.57 Å². The Morgan fingerprint density at radius 1 is 1.10 bits per heavy atom. The molecule has 0 saturated carbocycles. The topological polar surface area (TPSA) is 101 Å². The lowest BCUT2D eigenvalue weighted by Crippen LogP contribution is -2.52. The third-order valence-corrected chi connectivity index (χ3v) is 5.81. The van der Waals surface area contributed by atoms with E-state index in [9.17, 15) is 19.6 Å². The molecule has 0 atom stereocenters. The number of benzene rings is 1. The average molecular weight is 409 g/mol. The van der Waals surface area contributed by atoms with Crippen molar-refractivity contribution in [2.75, 3.05) is 38.2 Å². The molecule has 4 rings (SSSR count). The van der Waals surface area contributed by atoms with Crippen LogP contribution in [0.15, 0.2) is 33.9 Å². The van der Waals surface area contributed by atoms with Gasteiger partial charge in [-0.05, 0) is 37.1 Å². The van der Waals surface area contributed by atoms with Gasteiger partial charge in [-0.2, -0.15) is 5.26 Å². The molecule has 3 heterocycles. The van der Waals surface area contributed by atoms with Gasteiger partial charge in [-0.3, -0.25) is 14.2 Å². The van der Waals surface area contributed by atoms with Gasteiger partial charge in [-0.25, -0.2) is 9.36 Å². The second-order valence-electron chi connectivity index (χ2n) is 7.43. The van der Waals surface area contributed by atoms with Crippen LogP contribution in [0, 0.1) is 11.3 Å². The monoisotopic (exact) mass is 409 g/mol. The predicted molar refractivity (Wildman–Crippen MR) is 110 cm³/mol. The third-order valence-electron chi connectivity index (χ3n) is 5.81. The molecule has 1 amide bonds. The average Bonchev–Trinajstić information content (AvgIpc) is 3.27. The lowest BCUT2D eigenvalue weighted by molar-refractivity contribution is -0.132. The van der Waals surface area contributed by atoms with E-state index in [-0.39, 0.29) is 18.0 Å². The van der Waals surface area contributed by atoms with Gasteiger partial charge in [0.15, 0.2) is 0 Å². The highest BCUT2D eigenvalue weighted by atomic mass is 16.5. The van der Waals surface area contributed by atoms with Crippen molar-refractivity contribution in [3.8, 4) is 11.8 Å². The number of ether oxygens (including phenoxy) is 1. The molecule has 0 spiro atoms. The van der Waals surface area contributed by atoms with Gasteiger partial charge in [0, 0.05) is 44.1 Å². The molecule has 1 aromatic carbocycles. The SMILES string of the molecule is COc1ccc(N2CCN(C(=O)Cn3c(=O)c(C#N)c4n(c3=O)CCC4)CC2)cc1. The van der Waals surface area contributed by atoms with Crippen LogP contribution in [0.4, 0.5) is 5.69 Å². The molecule has 0 aliphatic carbocycles. The Hall–Kier alpha value is -3.54. The van der Waals surface area contributed by atoms with E-state index in [0.717, 1.165) is 16.0 Å². The van der Waals surface area contributed by atoms with Crippen molar-refractivity contribution in [3.63, 3.8) is 0 Å². The van der Waals surface area contributed by atoms with Crippen molar-refractivity contribution < 1.29 is 9.53 Å². The van der Waals surface area contributed by atoms with Crippen LogP contribution in [0.1, 0.15) is 17.7 Å². The first-order valence-corrected chi connectivity index (χ1v) is 9.97. The maximum absolute atomic E-state index is 12.8. The summed E-state index contributed by atoms with van der Waals surface area (Å²) in [4.78, 5) is 41.9. The summed E-state index contributed by atoms with van der Waals surface area (Å²) in [5.74, 6) is 0.501. The summed E-state index contributed by atoms with van der Waals surface area (Å²) in [5, 5.41) is 9.36. The number of rotatable bonds is 4. The molecule has 9 heteroatoms. The van der Waals surface area contributed by atoms with Crippen LogP contribution < -0.4 is 20.9 Å². The summed E-state index contributed by atoms with van der Waals surface area (Å²) in [5.41, 5.74) is 0.348. The fourth-order valence-electron chi connectivity index (χ4n) is 4.13. The minimum Gasteiger partial charge on any atom is -0.497 e. The summed E-state index contributed by atoms with van der Waals surface area (Å²) >= 11 is 0. The van der Waals surface area contributed by atoms with Crippen molar-refractivity contribution >= 4 is 11.6 Å². The Balaban J connectivity index is 1.46. The Labute approximate surface area is 173 Å². The number of fused-ring (bicyclic) bond motifs is 1. The summed E-state index contributed by atoms with van der Waals surface area (Å²) in [7, 11) is 1.62. The van der Waals surface area contributed by atoms with Crippen LogP contribution in [0.3, 0.4) is 0 Å². The van der Waals surface area contributed by atoms with Crippen LogP contribution in [0.5, 0.6) is 5.75 Å². The normalized spacial score (nSPS) is 15.6. The van der Waals surface area contributed by atoms with E-state index in [4.69, 9.17) is 4.74 Å². The Morgan fingerprint density at radius 3 is 2.43 bits per heavy atom. The minimum absolute atomic E-state index is 0.0239. The number of nitriles is 1. The number of carbonyl (C=O) groups is 1. The zero-order valence-electron chi connectivity index (χ0n) is 16.8. The third kappa shape index (κ3) is 3.45. The van der Waals surface area contributed by atoms with Gasteiger partial charge >= 0.3 is 5.69 Å². The second-order valence-corrected chi connectivity index (χ2v) is 7.43. The van der Waals surface area contributed by atoms with Gasteiger partial charge in [0.1, 0.15) is 23.9 Å². The van der Waals surface area contributed by atoms with Crippen molar-refractivity contribution in [2.45, 2.75) is 25.9 Å². The smallest absolute Gasteiger partial charge is 0.331 e. The molecule has 30 heavy (non-hydrogen) atoms. The highest BCUT2D eigenvalue weighted by molar-refractivity contribution is 5.76. The first-order chi connectivity index (χ1) is 14.5. The molecule has 1 fully saturated rings.